The largest absolute Gasteiger partial charge is 0.495 e. The number of ether oxygens (including phenoxy) is 1. The van der Waals surface area contributed by atoms with Crippen molar-refractivity contribution in [3.63, 3.8) is 0 Å². The molecule has 0 unspecified atom stereocenters. The minimum atomic E-state index is 0.758. The summed E-state index contributed by atoms with van der Waals surface area (Å²) in [4.78, 5) is 4.70. The lowest BCUT2D eigenvalue weighted by Crippen LogP contribution is -2.49. The highest BCUT2D eigenvalue weighted by atomic mass is 32.1. The standard InChI is InChI=1S/C20H29N5OS/c1-5-25-16(3)17(13-21-25)14-23-8-10-24(11-9-23)20(27)22-18-12-15(2)6-7-19(18)26-4/h6-7,12-13H,5,8-11,14H2,1-4H3,(H,22,27). The third kappa shape index (κ3) is 4.59. The molecule has 0 radical (unpaired) electrons. The number of methoxy groups -OCH3 is 1. The summed E-state index contributed by atoms with van der Waals surface area (Å²) in [6.45, 7) is 12.0. The summed E-state index contributed by atoms with van der Waals surface area (Å²) >= 11 is 5.64. The predicted molar refractivity (Wildman–Crippen MR) is 113 cm³/mol. The summed E-state index contributed by atoms with van der Waals surface area (Å²) in [6.07, 6.45) is 2.00. The van der Waals surface area contributed by atoms with Gasteiger partial charge in [-0.25, -0.2) is 0 Å². The number of thiocarbonyl (C=S) groups is 1. The number of benzene rings is 1. The van der Waals surface area contributed by atoms with Crippen LogP contribution in [0.3, 0.4) is 0 Å². The van der Waals surface area contributed by atoms with Gasteiger partial charge in [-0.15, -0.1) is 0 Å². The maximum absolute atomic E-state index is 5.64. The zero-order valence-corrected chi connectivity index (χ0v) is 17.5. The quantitative estimate of drug-likeness (QED) is 0.796. The van der Waals surface area contributed by atoms with Gasteiger partial charge in [0, 0.05) is 50.5 Å². The molecule has 0 atom stereocenters. The van der Waals surface area contributed by atoms with E-state index in [2.05, 4.69) is 51.7 Å². The number of rotatable bonds is 5. The lowest BCUT2D eigenvalue weighted by Gasteiger charge is -2.36. The van der Waals surface area contributed by atoms with Gasteiger partial charge >= 0.3 is 0 Å². The van der Waals surface area contributed by atoms with Gasteiger partial charge in [0.1, 0.15) is 5.75 Å². The smallest absolute Gasteiger partial charge is 0.173 e. The van der Waals surface area contributed by atoms with Gasteiger partial charge in [0.2, 0.25) is 0 Å². The molecular formula is C20H29N5OS. The van der Waals surface area contributed by atoms with Crippen LogP contribution in [0.1, 0.15) is 23.7 Å². The monoisotopic (exact) mass is 387 g/mol. The highest BCUT2D eigenvalue weighted by Crippen LogP contribution is 2.25. The minimum Gasteiger partial charge on any atom is -0.495 e. The van der Waals surface area contributed by atoms with Gasteiger partial charge in [0.15, 0.2) is 5.11 Å². The van der Waals surface area contributed by atoms with Crippen molar-refractivity contribution < 1.29 is 4.74 Å². The number of nitrogens with zero attached hydrogens (tertiary/aromatic N) is 4. The fourth-order valence-electron chi connectivity index (χ4n) is 3.42. The first-order valence-corrected chi connectivity index (χ1v) is 9.86. The Labute approximate surface area is 167 Å². The fraction of sp³-hybridized carbons (Fsp3) is 0.500. The SMILES string of the molecule is CCn1ncc(CN2CCN(C(=S)Nc3cc(C)ccc3OC)CC2)c1C. The highest BCUT2D eigenvalue weighted by Gasteiger charge is 2.21. The van der Waals surface area contributed by atoms with Crippen LogP contribution in [0.15, 0.2) is 24.4 Å². The van der Waals surface area contributed by atoms with Crippen LogP contribution in [-0.2, 0) is 13.1 Å². The summed E-state index contributed by atoms with van der Waals surface area (Å²) in [6, 6.07) is 6.07. The van der Waals surface area contributed by atoms with E-state index in [1.165, 1.54) is 16.8 Å². The Bertz CT molecular complexity index is 796. The van der Waals surface area contributed by atoms with E-state index in [-0.39, 0.29) is 0 Å². The molecule has 27 heavy (non-hydrogen) atoms. The molecule has 146 valence electrons. The van der Waals surface area contributed by atoms with Crippen molar-refractivity contribution >= 4 is 23.0 Å². The molecule has 2 heterocycles. The van der Waals surface area contributed by atoms with Crippen LogP contribution >= 0.6 is 12.2 Å². The molecule has 1 aliphatic rings. The zero-order chi connectivity index (χ0) is 19.4. The summed E-state index contributed by atoms with van der Waals surface area (Å²) in [7, 11) is 1.68. The molecule has 1 aromatic heterocycles. The van der Waals surface area contributed by atoms with Crippen molar-refractivity contribution in [3.05, 3.63) is 41.2 Å². The van der Waals surface area contributed by atoms with E-state index < -0.39 is 0 Å². The number of nitrogens with one attached hydrogen (secondary N) is 1. The van der Waals surface area contributed by atoms with Gasteiger partial charge in [0.05, 0.1) is 19.0 Å². The first-order chi connectivity index (χ1) is 13.0. The van der Waals surface area contributed by atoms with Crippen LogP contribution in [0.25, 0.3) is 0 Å². The van der Waals surface area contributed by atoms with Gasteiger partial charge in [0.25, 0.3) is 0 Å². The highest BCUT2D eigenvalue weighted by molar-refractivity contribution is 7.80. The van der Waals surface area contributed by atoms with Crippen molar-refractivity contribution in [2.75, 3.05) is 38.6 Å². The molecule has 0 saturated carbocycles. The number of aromatic nitrogens is 2. The Hall–Kier alpha value is -2.12. The second-order valence-corrected chi connectivity index (χ2v) is 7.35. The van der Waals surface area contributed by atoms with Crippen LogP contribution in [0.4, 0.5) is 5.69 Å². The van der Waals surface area contributed by atoms with Crippen molar-refractivity contribution in [2.45, 2.75) is 33.9 Å². The number of hydrogen-bond donors (Lipinski definition) is 1. The molecule has 0 spiro atoms. The molecule has 7 heteroatoms. The van der Waals surface area contributed by atoms with Crippen molar-refractivity contribution in [2.24, 2.45) is 0 Å². The Morgan fingerprint density at radius 3 is 2.59 bits per heavy atom. The number of aryl methyl sites for hydroxylation is 2. The molecule has 0 aliphatic carbocycles. The average Bonchev–Trinajstić information content (AvgIpc) is 3.02. The van der Waals surface area contributed by atoms with E-state index in [4.69, 9.17) is 17.0 Å². The van der Waals surface area contributed by atoms with Gasteiger partial charge < -0.3 is 15.0 Å². The molecular weight excluding hydrogens is 358 g/mol. The number of piperazine rings is 1. The molecule has 1 N–H and O–H groups in total. The third-order valence-corrected chi connectivity index (χ3v) is 5.51. The Kier molecular flexibility index (Phi) is 6.34. The van der Waals surface area contributed by atoms with Crippen LogP contribution in [0.2, 0.25) is 0 Å². The summed E-state index contributed by atoms with van der Waals surface area (Å²) in [5, 5.41) is 8.57. The van der Waals surface area contributed by atoms with E-state index in [1.807, 2.05) is 18.3 Å². The Morgan fingerprint density at radius 1 is 1.22 bits per heavy atom. The van der Waals surface area contributed by atoms with Crippen molar-refractivity contribution in [1.82, 2.24) is 19.6 Å². The van der Waals surface area contributed by atoms with Crippen LogP contribution in [0, 0.1) is 13.8 Å². The van der Waals surface area contributed by atoms with Crippen LogP contribution < -0.4 is 10.1 Å². The lowest BCUT2D eigenvalue weighted by atomic mass is 10.2. The average molecular weight is 388 g/mol. The first kappa shape index (κ1) is 19.6. The second kappa shape index (κ2) is 8.71. The first-order valence-electron chi connectivity index (χ1n) is 9.46. The molecule has 0 bridgehead atoms. The van der Waals surface area contributed by atoms with E-state index in [0.717, 1.165) is 55.8 Å². The topological polar surface area (TPSA) is 45.6 Å². The summed E-state index contributed by atoms with van der Waals surface area (Å²) in [5.74, 6) is 0.810. The molecule has 1 aromatic carbocycles. The Balaban J connectivity index is 1.55. The zero-order valence-electron chi connectivity index (χ0n) is 16.7. The summed E-state index contributed by atoms with van der Waals surface area (Å²) < 4.78 is 7.49. The normalized spacial score (nSPS) is 15.0. The van der Waals surface area contributed by atoms with Crippen molar-refractivity contribution in [1.29, 1.82) is 0 Å². The van der Waals surface area contributed by atoms with Gasteiger partial charge in [-0.2, -0.15) is 5.10 Å². The van der Waals surface area contributed by atoms with E-state index in [0.29, 0.717) is 0 Å². The fourth-order valence-corrected chi connectivity index (χ4v) is 3.72. The lowest BCUT2D eigenvalue weighted by molar-refractivity contribution is 0.176. The number of hydrogen-bond acceptors (Lipinski definition) is 4. The molecule has 3 rings (SSSR count). The minimum absolute atomic E-state index is 0.758. The second-order valence-electron chi connectivity index (χ2n) is 6.97. The van der Waals surface area contributed by atoms with Gasteiger partial charge in [-0.3, -0.25) is 9.58 Å². The summed E-state index contributed by atoms with van der Waals surface area (Å²) in [5.41, 5.74) is 4.68. The molecule has 6 nitrogen and oxygen atoms in total. The predicted octanol–water partition coefficient (Wildman–Crippen LogP) is 3.04. The van der Waals surface area contributed by atoms with E-state index >= 15 is 0 Å². The molecule has 0 amide bonds. The van der Waals surface area contributed by atoms with Crippen molar-refractivity contribution in [3.8, 4) is 5.75 Å². The number of anilines is 1. The molecule has 1 saturated heterocycles. The van der Waals surface area contributed by atoms with E-state index in [9.17, 15) is 0 Å². The maximum atomic E-state index is 5.64. The van der Waals surface area contributed by atoms with E-state index in [1.54, 1.807) is 7.11 Å². The molecule has 1 aliphatic heterocycles. The molecule has 2 aromatic rings. The van der Waals surface area contributed by atoms with Gasteiger partial charge in [-0.1, -0.05) is 6.07 Å². The van der Waals surface area contributed by atoms with Gasteiger partial charge in [-0.05, 0) is 50.7 Å². The maximum Gasteiger partial charge on any atom is 0.173 e. The molecule has 1 fully saturated rings. The van der Waals surface area contributed by atoms with Crippen LogP contribution in [0.5, 0.6) is 5.75 Å². The Morgan fingerprint density at radius 2 is 1.96 bits per heavy atom. The third-order valence-electron chi connectivity index (χ3n) is 5.15. The van der Waals surface area contributed by atoms with Crippen LogP contribution in [-0.4, -0.2) is 58.0 Å².